The molecule has 222 valence electrons. The second-order valence-electron chi connectivity index (χ2n) is 10.0. The van der Waals surface area contributed by atoms with E-state index in [9.17, 15) is 28.0 Å². The Hall–Kier alpha value is -2.97. The molecule has 1 aromatic carbocycles. The minimum atomic E-state index is -4.58. The molecule has 0 saturated carbocycles. The number of alkyl halides is 2. The van der Waals surface area contributed by atoms with Gasteiger partial charge < -0.3 is 24.8 Å². The third kappa shape index (κ3) is 6.66. The van der Waals surface area contributed by atoms with Crippen LogP contribution in [-0.4, -0.2) is 62.9 Å². The predicted octanol–water partition coefficient (Wildman–Crippen LogP) is 2.81. The molecule has 1 saturated heterocycles. The van der Waals surface area contributed by atoms with E-state index in [-0.39, 0.29) is 5.75 Å². The van der Waals surface area contributed by atoms with Crippen molar-refractivity contribution in [2.24, 2.45) is 0 Å². The Morgan fingerprint density at radius 3 is 2.52 bits per heavy atom. The number of nitrogens with two attached hydrogens (primary N) is 1. The first-order chi connectivity index (χ1) is 18.5. The van der Waals surface area contributed by atoms with E-state index in [2.05, 4.69) is 10.1 Å². The predicted molar refractivity (Wildman–Crippen MR) is 136 cm³/mol. The van der Waals surface area contributed by atoms with Crippen LogP contribution >= 0.6 is 7.75 Å². The number of para-hydroxylation sites is 1. The second-order valence-corrected chi connectivity index (χ2v) is 11.6. The number of carbonyl (C=O) groups excluding carboxylic acids is 1. The molecule has 12 nitrogen and oxygen atoms in total. The van der Waals surface area contributed by atoms with Crippen molar-refractivity contribution in [3.63, 3.8) is 0 Å². The standard InChI is InChI=1S/C24H32F3N4O8P/c1-13(2)36-20(33)14(3)30-40(35,38-15-9-7-6-8-10-15)39-23(4,5)18-17(32)24(27,12-25)21(37-18)31-11-16(26)19(28)29-22(31)34/h6-11,13-14,17-18,21,32H,12H2,1-5H3,(H,30,35)(H2,28,29,34)/t14-,17?,18-,21+,24+,40?/m0/s1. The lowest BCUT2D eigenvalue weighted by Gasteiger charge is -2.36. The van der Waals surface area contributed by atoms with Crippen LogP contribution in [0.4, 0.5) is 19.0 Å². The highest BCUT2D eigenvalue weighted by Gasteiger charge is 2.63. The van der Waals surface area contributed by atoms with Crippen LogP contribution in [0.3, 0.4) is 0 Å². The van der Waals surface area contributed by atoms with E-state index >= 15 is 4.39 Å². The number of nitrogen functional groups attached to an aromatic ring is 1. The highest BCUT2D eigenvalue weighted by Crippen LogP contribution is 2.53. The maximum absolute atomic E-state index is 15.9. The zero-order valence-electron chi connectivity index (χ0n) is 22.4. The Balaban J connectivity index is 1.97. The summed E-state index contributed by atoms with van der Waals surface area (Å²) in [7, 11) is -4.58. The largest absolute Gasteiger partial charge is 0.462 e. The third-order valence-corrected chi connectivity index (χ3v) is 7.79. The molecule has 1 fully saturated rings. The monoisotopic (exact) mass is 592 g/mol. The molecule has 2 unspecified atom stereocenters. The van der Waals surface area contributed by atoms with E-state index in [4.69, 9.17) is 24.3 Å². The summed E-state index contributed by atoms with van der Waals surface area (Å²) in [4.78, 5) is 28.0. The van der Waals surface area contributed by atoms with Crippen molar-refractivity contribution in [2.45, 2.75) is 76.5 Å². The number of aliphatic hydroxyl groups is 1. The number of hydrogen-bond donors (Lipinski definition) is 3. The molecule has 2 aromatic rings. The van der Waals surface area contributed by atoms with E-state index in [1.807, 2.05) is 0 Å². The van der Waals surface area contributed by atoms with Crippen LogP contribution in [0.1, 0.15) is 40.8 Å². The first-order valence-corrected chi connectivity index (χ1v) is 13.7. The molecular formula is C24H32F3N4O8P. The average Bonchev–Trinajstić information content (AvgIpc) is 3.12. The molecule has 1 aliphatic rings. The summed E-state index contributed by atoms with van der Waals surface area (Å²) in [5.41, 5.74) is -1.25. The molecule has 6 atom stereocenters. The van der Waals surface area contributed by atoms with Gasteiger partial charge in [0.2, 0.25) is 5.67 Å². The minimum absolute atomic E-state index is 0.0582. The van der Waals surface area contributed by atoms with Gasteiger partial charge in [0.05, 0.1) is 12.3 Å². The third-order valence-electron chi connectivity index (χ3n) is 5.92. The van der Waals surface area contributed by atoms with E-state index in [1.165, 1.54) is 32.9 Å². The number of esters is 1. The Bertz CT molecular complexity index is 1310. The Labute approximate surface area is 228 Å². The van der Waals surface area contributed by atoms with Gasteiger partial charge in [0.15, 0.2) is 17.9 Å². The summed E-state index contributed by atoms with van der Waals surface area (Å²) in [6.07, 6.45) is -6.36. The van der Waals surface area contributed by atoms with Gasteiger partial charge in [0, 0.05) is 0 Å². The molecular weight excluding hydrogens is 560 g/mol. The van der Waals surface area contributed by atoms with Gasteiger partial charge in [-0.2, -0.15) is 10.1 Å². The molecule has 4 N–H and O–H groups in total. The summed E-state index contributed by atoms with van der Waals surface area (Å²) < 4.78 is 80.3. The molecule has 0 spiro atoms. The molecule has 0 bridgehead atoms. The van der Waals surface area contributed by atoms with Crippen molar-refractivity contribution < 1.29 is 46.2 Å². The van der Waals surface area contributed by atoms with Crippen LogP contribution < -0.4 is 21.0 Å². The number of nitrogens with zero attached hydrogens (tertiary/aromatic N) is 2. The molecule has 1 aromatic heterocycles. The number of ether oxygens (including phenoxy) is 2. The van der Waals surface area contributed by atoms with Crippen LogP contribution in [0.15, 0.2) is 41.3 Å². The van der Waals surface area contributed by atoms with Crippen LogP contribution in [0, 0.1) is 5.82 Å². The fourth-order valence-electron chi connectivity index (χ4n) is 4.01. The molecule has 1 aliphatic heterocycles. The molecule has 0 amide bonds. The Kier molecular flexibility index (Phi) is 9.36. The number of aromatic nitrogens is 2. The SMILES string of the molecule is CC(C)OC(=O)[C@H](C)NP(=O)(Oc1ccccc1)OC(C)(C)[C@H]1O[C@@H](n2cc(F)c(N)nc2=O)[C@@](F)(CF)C1O. The van der Waals surface area contributed by atoms with E-state index < -0.39 is 79.6 Å². The normalized spacial score (nSPS) is 25.4. The van der Waals surface area contributed by atoms with E-state index in [0.29, 0.717) is 10.8 Å². The first kappa shape index (κ1) is 31.6. The number of halogens is 3. The van der Waals surface area contributed by atoms with Gasteiger partial charge in [-0.3, -0.25) is 13.9 Å². The van der Waals surface area contributed by atoms with Crippen molar-refractivity contribution in [2.75, 3.05) is 12.4 Å². The van der Waals surface area contributed by atoms with E-state index in [1.54, 1.807) is 32.0 Å². The molecule has 0 radical (unpaired) electrons. The van der Waals surface area contributed by atoms with Crippen LogP contribution in [0.2, 0.25) is 0 Å². The van der Waals surface area contributed by atoms with Crippen molar-refractivity contribution in [3.8, 4) is 5.75 Å². The number of benzene rings is 1. The van der Waals surface area contributed by atoms with Crippen molar-refractivity contribution in [3.05, 3.63) is 52.8 Å². The first-order valence-electron chi connectivity index (χ1n) is 12.2. The lowest BCUT2D eigenvalue weighted by molar-refractivity contribution is -0.149. The average molecular weight is 593 g/mol. The summed E-state index contributed by atoms with van der Waals surface area (Å²) in [5.74, 6) is -2.73. The maximum atomic E-state index is 15.9. The van der Waals surface area contributed by atoms with Gasteiger partial charge in [0.25, 0.3) is 0 Å². The van der Waals surface area contributed by atoms with E-state index in [0.717, 1.165) is 0 Å². The van der Waals surface area contributed by atoms with Gasteiger partial charge in [-0.05, 0) is 46.8 Å². The number of anilines is 1. The molecule has 0 aliphatic carbocycles. The number of aliphatic hydroxyl groups excluding tert-OH is 1. The highest BCUT2D eigenvalue weighted by atomic mass is 31.2. The fraction of sp³-hybridized carbons (Fsp3) is 0.542. The van der Waals surface area contributed by atoms with Crippen molar-refractivity contribution >= 4 is 19.5 Å². The summed E-state index contributed by atoms with van der Waals surface area (Å²) in [6, 6.07) is 6.48. The summed E-state index contributed by atoms with van der Waals surface area (Å²) >= 11 is 0. The van der Waals surface area contributed by atoms with Crippen LogP contribution in [0.5, 0.6) is 5.75 Å². The Morgan fingerprint density at radius 1 is 1.32 bits per heavy atom. The number of rotatable bonds is 11. The van der Waals surface area contributed by atoms with Crippen LogP contribution in [0.25, 0.3) is 0 Å². The van der Waals surface area contributed by atoms with Crippen molar-refractivity contribution in [1.29, 1.82) is 0 Å². The lowest BCUT2D eigenvalue weighted by atomic mass is 9.89. The van der Waals surface area contributed by atoms with Gasteiger partial charge in [0.1, 0.15) is 36.3 Å². The minimum Gasteiger partial charge on any atom is -0.462 e. The number of carbonyl (C=O) groups is 1. The maximum Gasteiger partial charge on any atom is 0.460 e. The molecule has 16 heteroatoms. The van der Waals surface area contributed by atoms with Gasteiger partial charge >= 0.3 is 19.4 Å². The Morgan fingerprint density at radius 2 is 1.95 bits per heavy atom. The fourth-order valence-corrected chi connectivity index (χ4v) is 5.86. The second kappa shape index (κ2) is 11.9. The van der Waals surface area contributed by atoms with Gasteiger partial charge in [-0.1, -0.05) is 18.2 Å². The van der Waals surface area contributed by atoms with Crippen molar-refractivity contribution in [1.82, 2.24) is 14.6 Å². The zero-order valence-corrected chi connectivity index (χ0v) is 23.3. The zero-order chi connectivity index (χ0) is 30.0. The quantitative estimate of drug-likeness (QED) is 0.260. The van der Waals surface area contributed by atoms with Gasteiger partial charge in [-0.15, -0.1) is 0 Å². The summed E-state index contributed by atoms with van der Waals surface area (Å²) in [6.45, 7) is 5.16. The molecule has 3 rings (SSSR count). The smallest absolute Gasteiger partial charge is 0.460 e. The number of nitrogens with one attached hydrogen (secondary N) is 1. The number of hydrogen-bond acceptors (Lipinski definition) is 10. The molecule has 40 heavy (non-hydrogen) atoms. The molecule has 2 heterocycles. The highest BCUT2D eigenvalue weighted by molar-refractivity contribution is 7.52. The van der Waals surface area contributed by atoms with Gasteiger partial charge in [-0.25, -0.2) is 22.5 Å². The topological polar surface area (TPSA) is 164 Å². The van der Waals surface area contributed by atoms with Crippen LogP contribution in [-0.2, 0) is 23.4 Å². The lowest BCUT2D eigenvalue weighted by Crippen LogP contribution is -2.52. The summed E-state index contributed by atoms with van der Waals surface area (Å²) in [5, 5.41) is 13.3.